The van der Waals surface area contributed by atoms with Crippen LogP contribution < -0.4 is 16.0 Å². The largest absolute Gasteiger partial charge is 0.488 e. The van der Waals surface area contributed by atoms with E-state index in [9.17, 15) is 24.1 Å². The monoisotopic (exact) mass is 412 g/mol. The Morgan fingerprint density at radius 2 is 1.83 bits per heavy atom. The summed E-state index contributed by atoms with van der Waals surface area (Å²) in [5.41, 5.74) is 4.66. The van der Waals surface area contributed by atoms with Gasteiger partial charge in [-0.15, -0.1) is 0 Å². The molecule has 0 saturated carbocycles. The Morgan fingerprint density at radius 3 is 2.48 bits per heavy atom. The summed E-state index contributed by atoms with van der Waals surface area (Å²) in [5.74, 6) is -1.62. The molecule has 0 fully saturated rings. The zero-order valence-electron chi connectivity index (χ0n) is 14.6. The number of anilines is 1. The van der Waals surface area contributed by atoms with Crippen LogP contribution in [0.4, 0.5) is 14.6 Å². The summed E-state index contributed by atoms with van der Waals surface area (Å²) < 4.78 is 32.6. The fourth-order valence-electron chi connectivity index (χ4n) is 2.73. The minimum absolute atomic E-state index is 0.0478. The third kappa shape index (κ3) is 3.88. The number of nitrogen functional groups attached to an aromatic ring is 1. The van der Waals surface area contributed by atoms with Gasteiger partial charge in [-0.3, -0.25) is 4.79 Å². The number of hydrogen-bond acceptors (Lipinski definition) is 5. The number of aromatic nitrogens is 1. The van der Waals surface area contributed by atoms with Crippen LogP contribution in [-0.4, -0.2) is 4.98 Å². The predicted molar refractivity (Wildman–Crippen MR) is 102 cm³/mol. The average molecular weight is 413 g/mol. The van der Waals surface area contributed by atoms with Crippen LogP contribution in [0.15, 0.2) is 41.2 Å². The van der Waals surface area contributed by atoms with E-state index in [4.69, 9.17) is 22.1 Å². The Bertz CT molecular complexity index is 1260. The van der Waals surface area contributed by atoms with Crippen molar-refractivity contribution in [3.63, 3.8) is 0 Å². The number of nitrogens with zero attached hydrogens (tertiary/aromatic N) is 2. The molecule has 9 heteroatoms. The average Bonchev–Trinajstić information content (AvgIpc) is 2.67. The first kappa shape index (κ1) is 19.9. The third-order valence-electron chi connectivity index (χ3n) is 4.08. The van der Waals surface area contributed by atoms with Crippen LogP contribution in [0.2, 0.25) is 5.02 Å². The van der Waals surface area contributed by atoms with Crippen LogP contribution in [0.5, 0.6) is 5.75 Å². The van der Waals surface area contributed by atoms with Crippen molar-refractivity contribution in [1.29, 1.82) is 10.5 Å². The molecular weight excluding hydrogens is 402 g/mol. The van der Waals surface area contributed by atoms with E-state index in [1.165, 1.54) is 24.3 Å². The number of pyridine rings is 1. The van der Waals surface area contributed by atoms with Crippen LogP contribution in [0.1, 0.15) is 16.7 Å². The van der Waals surface area contributed by atoms with Crippen molar-refractivity contribution >= 4 is 17.4 Å². The Labute approximate surface area is 168 Å². The summed E-state index contributed by atoms with van der Waals surface area (Å²) in [4.78, 5) is 14.4. The normalized spacial score (nSPS) is 10.2. The molecule has 2 aromatic carbocycles. The second-order valence-electron chi connectivity index (χ2n) is 5.88. The van der Waals surface area contributed by atoms with Gasteiger partial charge in [0.15, 0.2) is 0 Å². The van der Waals surface area contributed by atoms with Gasteiger partial charge >= 0.3 is 0 Å². The van der Waals surface area contributed by atoms with Gasteiger partial charge in [-0.25, -0.2) is 8.78 Å². The molecule has 0 aliphatic rings. The second kappa shape index (κ2) is 8.01. The van der Waals surface area contributed by atoms with E-state index in [1.807, 2.05) is 6.07 Å². The lowest BCUT2D eigenvalue weighted by molar-refractivity contribution is 0.300. The number of benzene rings is 2. The van der Waals surface area contributed by atoms with Crippen LogP contribution in [0.25, 0.3) is 11.1 Å². The Balaban J connectivity index is 2.15. The van der Waals surface area contributed by atoms with E-state index < -0.39 is 17.2 Å². The first-order valence-corrected chi connectivity index (χ1v) is 8.46. The maximum Gasteiger partial charge on any atom is 0.268 e. The fraction of sp³-hybridized carbons (Fsp3) is 0.0500. The van der Waals surface area contributed by atoms with Crippen molar-refractivity contribution < 1.29 is 13.5 Å². The molecule has 29 heavy (non-hydrogen) atoms. The molecule has 0 aliphatic carbocycles. The summed E-state index contributed by atoms with van der Waals surface area (Å²) >= 11 is 6.06. The number of nitriles is 2. The summed E-state index contributed by atoms with van der Waals surface area (Å²) in [6, 6.07) is 11.0. The van der Waals surface area contributed by atoms with Gasteiger partial charge in [0.2, 0.25) is 0 Å². The SMILES string of the molecule is N#Cc1c(N)[nH]c(=O)c(C#N)c1-c1cc(Cl)ccc1OCc1ccc(F)cc1F. The van der Waals surface area contributed by atoms with Gasteiger partial charge in [0, 0.05) is 27.8 Å². The van der Waals surface area contributed by atoms with E-state index in [0.717, 1.165) is 12.1 Å². The highest BCUT2D eigenvalue weighted by atomic mass is 35.5. The summed E-state index contributed by atoms with van der Waals surface area (Å²) in [6.45, 7) is -0.275. The predicted octanol–water partition coefficient (Wildman–Crippen LogP) is 3.88. The van der Waals surface area contributed by atoms with Crippen molar-refractivity contribution in [2.24, 2.45) is 0 Å². The minimum atomic E-state index is -0.795. The number of H-pyrrole nitrogens is 1. The Kier molecular flexibility index (Phi) is 5.49. The first-order chi connectivity index (χ1) is 13.8. The number of ether oxygens (including phenoxy) is 1. The highest BCUT2D eigenvalue weighted by molar-refractivity contribution is 6.31. The highest BCUT2D eigenvalue weighted by Crippen LogP contribution is 2.37. The van der Waals surface area contributed by atoms with Gasteiger partial charge in [0.1, 0.15) is 53.1 Å². The molecule has 0 unspecified atom stereocenters. The van der Waals surface area contributed by atoms with E-state index in [-0.39, 0.29) is 51.0 Å². The lowest BCUT2D eigenvalue weighted by Crippen LogP contribution is -2.16. The van der Waals surface area contributed by atoms with Gasteiger partial charge in [-0.2, -0.15) is 10.5 Å². The molecule has 0 aliphatic heterocycles. The molecule has 3 N–H and O–H groups in total. The van der Waals surface area contributed by atoms with Crippen molar-refractivity contribution in [2.45, 2.75) is 6.61 Å². The zero-order valence-corrected chi connectivity index (χ0v) is 15.3. The van der Waals surface area contributed by atoms with Gasteiger partial charge in [-0.1, -0.05) is 11.6 Å². The molecule has 0 amide bonds. The molecule has 1 heterocycles. The molecule has 0 atom stereocenters. The number of hydrogen-bond donors (Lipinski definition) is 2. The van der Waals surface area contributed by atoms with Crippen molar-refractivity contribution in [3.8, 4) is 29.0 Å². The maximum absolute atomic E-state index is 13.9. The molecular formula is C20H11ClF2N4O2. The number of aromatic amines is 1. The number of nitrogens with one attached hydrogen (secondary N) is 1. The van der Waals surface area contributed by atoms with Gasteiger partial charge in [-0.05, 0) is 30.3 Å². The van der Waals surface area contributed by atoms with Crippen molar-refractivity contribution in [3.05, 3.63) is 80.1 Å². The lowest BCUT2D eigenvalue weighted by atomic mass is 9.96. The van der Waals surface area contributed by atoms with E-state index in [0.29, 0.717) is 0 Å². The minimum Gasteiger partial charge on any atom is -0.488 e. The van der Waals surface area contributed by atoms with E-state index in [1.54, 1.807) is 6.07 Å². The molecule has 3 rings (SSSR count). The second-order valence-corrected chi connectivity index (χ2v) is 6.32. The molecule has 0 spiro atoms. The van der Waals surface area contributed by atoms with Gasteiger partial charge < -0.3 is 15.5 Å². The molecule has 3 aromatic rings. The molecule has 6 nitrogen and oxygen atoms in total. The lowest BCUT2D eigenvalue weighted by Gasteiger charge is -2.15. The number of rotatable bonds is 4. The van der Waals surface area contributed by atoms with Crippen LogP contribution >= 0.6 is 11.6 Å². The number of nitrogens with two attached hydrogens (primary N) is 1. The summed E-state index contributed by atoms with van der Waals surface area (Å²) in [7, 11) is 0. The van der Waals surface area contributed by atoms with E-state index >= 15 is 0 Å². The van der Waals surface area contributed by atoms with E-state index in [2.05, 4.69) is 4.98 Å². The van der Waals surface area contributed by atoms with Crippen LogP contribution in [-0.2, 0) is 6.61 Å². The summed E-state index contributed by atoms with van der Waals surface area (Å²) in [5, 5.41) is 19.1. The highest BCUT2D eigenvalue weighted by Gasteiger charge is 2.21. The van der Waals surface area contributed by atoms with Crippen molar-refractivity contribution in [1.82, 2.24) is 4.98 Å². The van der Waals surface area contributed by atoms with Gasteiger partial charge in [0.05, 0.1) is 0 Å². The quantitative estimate of drug-likeness (QED) is 0.674. The topological polar surface area (TPSA) is 116 Å². The molecule has 0 saturated heterocycles. The molecule has 1 aromatic heterocycles. The van der Waals surface area contributed by atoms with Crippen molar-refractivity contribution in [2.75, 3.05) is 5.73 Å². The first-order valence-electron chi connectivity index (χ1n) is 8.08. The van der Waals surface area contributed by atoms with Crippen LogP contribution in [0.3, 0.4) is 0 Å². The standard InChI is InChI=1S/C20H11ClF2N4O2/c21-11-2-4-17(29-9-10-1-3-12(22)6-16(10)23)13(5-11)18-14(7-24)19(26)27-20(28)15(18)8-25/h1-6H,9H2,(H3,26,27,28). The maximum atomic E-state index is 13.9. The van der Waals surface area contributed by atoms with Crippen LogP contribution in [0, 0.1) is 34.3 Å². The fourth-order valence-corrected chi connectivity index (χ4v) is 2.90. The number of halogens is 3. The molecule has 0 bridgehead atoms. The third-order valence-corrected chi connectivity index (χ3v) is 4.31. The smallest absolute Gasteiger partial charge is 0.268 e. The molecule has 144 valence electrons. The molecule has 0 radical (unpaired) electrons. The zero-order chi connectivity index (χ0) is 21.1. The Hall–Kier alpha value is -3.88. The summed E-state index contributed by atoms with van der Waals surface area (Å²) in [6.07, 6.45) is 0. The van der Waals surface area contributed by atoms with Gasteiger partial charge in [0.25, 0.3) is 5.56 Å². The Morgan fingerprint density at radius 1 is 1.10 bits per heavy atom.